The summed E-state index contributed by atoms with van der Waals surface area (Å²) in [5.41, 5.74) is 2.26. The molecule has 3 atom stereocenters. The minimum atomic E-state index is -0.950. The molecule has 0 spiro atoms. The summed E-state index contributed by atoms with van der Waals surface area (Å²) in [5, 5.41) is 19.2. The zero-order valence-electron chi connectivity index (χ0n) is 21.4. The molecule has 200 valence electrons. The van der Waals surface area contributed by atoms with Gasteiger partial charge in [0.05, 0.1) is 40.7 Å². The molecule has 2 aromatic heterocycles. The molecule has 38 heavy (non-hydrogen) atoms. The lowest BCUT2D eigenvalue weighted by atomic mass is 9.78. The number of aliphatic carboxylic acids is 1. The number of carboxylic acids is 1. The Morgan fingerprint density at radius 2 is 1.82 bits per heavy atom. The Morgan fingerprint density at radius 3 is 2.50 bits per heavy atom. The van der Waals surface area contributed by atoms with Gasteiger partial charge >= 0.3 is 12.1 Å². The summed E-state index contributed by atoms with van der Waals surface area (Å²) in [6.45, 7) is 3.30. The summed E-state index contributed by atoms with van der Waals surface area (Å²) >= 11 is 0. The Bertz CT molecular complexity index is 1360. The van der Waals surface area contributed by atoms with E-state index in [2.05, 4.69) is 20.7 Å². The molecule has 1 aliphatic rings. The van der Waals surface area contributed by atoms with Crippen LogP contribution in [0, 0.1) is 24.6 Å². The van der Waals surface area contributed by atoms with Crippen LogP contribution in [0.5, 0.6) is 0 Å². The van der Waals surface area contributed by atoms with Gasteiger partial charge in [-0.3, -0.25) is 24.6 Å². The second kappa shape index (κ2) is 11.4. The Hall–Kier alpha value is -4.28. The number of carboxylic acid groups (broad SMARTS) is 1. The molecule has 2 amide bonds. The maximum Gasteiger partial charge on any atom is 0.413 e. The van der Waals surface area contributed by atoms with Crippen LogP contribution in [0.1, 0.15) is 50.0 Å². The van der Waals surface area contributed by atoms with Crippen LogP contribution in [-0.2, 0) is 21.4 Å². The number of halogens is 1. The summed E-state index contributed by atoms with van der Waals surface area (Å²) in [6.07, 6.45) is 2.57. The molecule has 0 saturated heterocycles. The van der Waals surface area contributed by atoms with Crippen molar-refractivity contribution in [3.8, 4) is 11.3 Å². The first-order valence-corrected chi connectivity index (χ1v) is 12.4. The Kier molecular flexibility index (Phi) is 8.04. The molecule has 2 heterocycles. The minimum absolute atomic E-state index is 0.255. The number of nitrogens with zero attached hydrogens (tertiary/aromatic N) is 3. The average Bonchev–Trinajstić information content (AvgIpc) is 3.24. The van der Waals surface area contributed by atoms with Crippen LogP contribution >= 0.6 is 0 Å². The molecule has 0 aliphatic heterocycles. The van der Waals surface area contributed by atoms with E-state index in [4.69, 9.17) is 4.74 Å². The quantitative estimate of drug-likeness (QED) is 0.393. The molecule has 0 bridgehead atoms. The van der Waals surface area contributed by atoms with E-state index >= 15 is 0 Å². The summed E-state index contributed by atoms with van der Waals surface area (Å²) in [7, 11) is 1.64. The van der Waals surface area contributed by atoms with Crippen LogP contribution in [0.3, 0.4) is 0 Å². The number of aromatic nitrogens is 3. The van der Waals surface area contributed by atoms with Crippen molar-refractivity contribution in [1.82, 2.24) is 14.8 Å². The van der Waals surface area contributed by atoms with Crippen LogP contribution < -0.4 is 10.6 Å². The number of amides is 2. The van der Waals surface area contributed by atoms with E-state index in [1.54, 1.807) is 51.2 Å². The van der Waals surface area contributed by atoms with Gasteiger partial charge in [0.1, 0.15) is 17.7 Å². The van der Waals surface area contributed by atoms with E-state index in [0.29, 0.717) is 41.3 Å². The summed E-state index contributed by atoms with van der Waals surface area (Å²) in [6, 6.07) is 9.42. The highest BCUT2D eigenvalue weighted by atomic mass is 19.1. The molecule has 1 saturated carbocycles. The number of hydrogen-bond acceptors (Lipinski definition) is 6. The smallest absolute Gasteiger partial charge is 0.413 e. The van der Waals surface area contributed by atoms with Crippen LogP contribution in [0.4, 0.5) is 20.7 Å². The third-order valence-electron chi connectivity index (χ3n) is 6.83. The van der Waals surface area contributed by atoms with Crippen molar-refractivity contribution in [2.75, 3.05) is 10.6 Å². The summed E-state index contributed by atoms with van der Waals surface area (Å²) < 4.78 is 20.9. The lowest BCUT2D eigenvalue weighted by Gasteiger charge is -2.27. The molecular weight excluding hydrogens is 493 g/mol. The molecule has 11 heteroatoms. The Labute approximate surface area is 219 Å². The lowest BCUT2D eigenvalue weighted by Crippen LogP contribution is -2.36. The number of hydrogen-bond donors (Lipinski definition) is 3. The van der Waals surface area contributed by atoms with Gasteiger partial charge in [-0.25, -0.2) is 9.18 Å². The van der Waals surface area contributed by atoms with Gasteiger partial charge in [-0.2, -0.15) is 5.10 Å². The van der Waals surface area contributed by atoms with E-state index in [-0.39, 0.29) is 11.5 Å². The first-order valence-electron chi connectivity index (χ1n) is 12.4. The van der Waals surface area contributed by atoms with Crippen molar-refractivity contribution >= 4 is 29.5 Å². The summed E-state index contributed by atoms with van der Waals surface area (Å²) in [5.74, 6) is -2.71. The van der Waals surface area contributed by atoms with Gasteiger partial charge in [0.15, 0.2) is 0 Å². The molecule has 0 radical (unpaired) electrons. The van der Waals surface area contributed by atoms with Crippen LogP contribution in [0.2, 0.25) is 0 Å². The van der Waals surface area contributed by atoms with Gasteiger partial charge in [0.2, 0.25) is 5.91 Å². The Morgan fingerprint density at radius 1 is 1.11 bits per heavy atom. The second-order valence-electron chi connectivity index (χ2n) is 9.38. The number of carbonyl (C=O) groups is 3. The number of carbonyl (C=O) groups excluding carboxylic acids is 2. The first kappa shape index (κ1) is 26.8. The van der Waals surface area contributed by atoms with E-state index in [1.165, 1.54) is 16.9 Å². The molecule has 3 aromatic rings. The molecular formula is C27H30FN5O5. The van der Waals surface area contributed by atoms with Gasteiger partial charge in [0.25, 0.3) is 0 Å². The zero-order chi connectivity index (χ0) is 27.4. The van der Waals surface area contributed by atoms with Gasteiger partial charge in [-0.05, 0) is 44.9 Å². The summed E-state index contributed by atoms with van der Waals surface area (Å²) in [4.78, 5) is 41.6. The van der Waals surface area contributed by atoms with E-state index in [0.717, 1.165) is 12.8 Å². The number of benzene rings is 1. The van der Waals surface area contributed by atoms with Gasteiger partial charge in [0, 0.05) is 12.6 Å². The maximum absolute atomic E-state index is 14.0. The van der Waals surface area contributed by atoms with Crippen molar-refractivity contribution in [2.45, 2.75) is 45.6 Å². The molecule has 10 nitrogen and oxygen atoms in total. The monoisotopic (exact) mass is 523 g/mol. The van der Waals surface area contributed by atoms with E-state index in [1.807, 2.05) is 0 Å². The highest BCUT2D eigenvalue weighted by Crippen LogP contribution is 2.33. The Balaban J connectivity index is 1.47. The van der Waals surface area contributed by atoms with E-state index in [9.17, 15) is 23.9 Å². The number of aryl methyl sites for hydroxylation is 2. The van der Waals surface area contributed by atoms with E-state index < -0.39 is 35.8 Å². The van der Waals surface area contributed by atoms with Crippen molar-refractivity contribution in [1.29, 1.82) is 0 Å². The fraction of sp³-hybridized carbons (Fsp3) is 0.370. The predicted molar refractivity (Wildman–Crippen MR) is 138 cm³/mol. The third-order valence-corrected chi connectivity index (χ3v) is 6.83. The van der Waals surface area contributed by atoms with Gasteiger partial charge in [-0.1, -0.05) is 31.0 Å². The standard InChI is InChI=1S/C27H30FN5O5/c1-15-22(31-25(34)18-9-4-5-10-19(18)26(35)36)12-13-23(30-15)20-14-29-33(3)24(20)32-27(37)38-16(2)17-8-6-7-11-21(17)28/h6-8,11-14,16,18-19H,4-5,9-10H2,1-3H3,(H,31,34)(H,32,37)(H,35,36)/t16-,18?,19?/m1/s1. The second-order valence-corrected chi connectivity index (χ2v) is 9.38. The van der Waals surface area contributed by atoms with Crippen LogP contribution in [0.15, 0.2) is 42.6 Å². The zero-order valence-corrected chi connectivity index (χ0v) is 21.4. The molecule has 3 N–H and O–H groups in total. The number of nitrogens with one attached hydrogen (secondary N) is 2. The van der Waals surface area contributed by atoms with Crippen LogP contribution in [-0.4, -0.2) is 37.8 Å². The largest absolute Gasteiger partial charge is 0.481 e. The van der Waals surface area contributed by atoms with Crippen molar-refractivity contribution in [2.24, 2.45) is 18.9 Å². The highest BCUT2D eigenvalue weighted by molar-refractivity contribution is 5.96. The first-order chi connectivity index (χ1) is 18.2. The lowest BCUT2D eigenvalue weighted by molar-refractivity contribution is -0.147. The topological polar surface area (TPSA) is 135 Å². The maximum atomic E-state index is 14.0. The number of pyridine rings is 1. The number of rotatable bonds is 7. The fourth-order valence-corrected chi connectivity index (χ4v) is 4.74. The number of ether oxygens (including phenoxy) is 1. The van der Waals surface area contributed by atoms with Crippen molar-refractivity contribution in [3.05, 3.63) is 59.7 Å². The fourth-order valence-electron chi connectivity index (χ4n) is 4.74. The highest BCUT2D eigenvalue weighted by Gasteiger charge is 2.36. The van der Waals surface area contributed by atoms with Crippen LogP contribution in [0.25, 0.3) is 11.3 Å². The molecule has 2 unspecified atom stereocenters. The molecule has 1 fully saturated rings. The molecule has 1 aliphatic carbocycles. The van der Waals surface area contributed by atoms with Crippen molar-refractivity contribution in [3.63, 3.8) is 0 Å². The number of anilines is 2. The SMILES string of the molecule is Cc1nc(-c2cnn(C)c2NC(=O)O[C@H](C)c2ccccc2F)ccc1NC(=O)C1CCCCC1C(=O)O. The van der Waals surface area contributed by atoms with Gasteiger partial charge < -0.3 is 15.2 Å². The molecule has 4 rings (SSSR count). The molecule has 1 aromatic carbocycles. The van der Waals surface area contributed by atoms with Gasteiger partial charge in [-0.15, -0.1) is 0 Å². The average molecular weight is 524 g/mol. The normalized spacial score (nSPS) is 17.9. The third kappa shape index (κ3) is 5.82. The predicted octanol–water partition coefficient (Wildman–Crippen LogP) is 5.07. The van der Waals surface area contributed by atoms with Crippen molar-refractivity contribution < 1.29 is 28.6 Å². The minimum Gasteiger partial charge on any atom is -0.481 e.